The van der Waals surface area contributed by atoms with E-state index in [1.807, 2.05) is 6.92 Å². The van der Waals surface area contributed by atoms with Gasteiger partial charge in [-0.2, -0.15) is 0 Å². The first-order chi connectivity index (χ1) is 4.83. The number of rotatable bonds is 3. The van der Waals surface area contributed by atoms with Crippen molar-refractivity contribution in [2.24, 2.45) is 5.73 Å². The van der Waals surface area contributed by atoms with Crippen molar-refractivity contribution in [2.75, 3.05) is 6.61 Å². The molecule has 4 unspecified atom stereocenters. The molecule has 0 aromatic heterocycles. The van der Waals surface area contributed by atoms with Crippen molar-refractivity contribution in [1.29, 1.82) is 0 Å². The average Bonchev–Trinajstić information content (AvgIpc) is 2.70. The SMILES string of the molecule is CCOC1OC1C1OC1N. The Kier molecular flexibility index (Phi) is 1.42. The maximum Gasteiger partial charge on any atom is 0.187 e. The van der Waals surface area contributed by atoms with Gasteiger partial charge >= 0.3 is 0 Å². The van der Waals surface area contributed by atoms with Gasteiger partial charge in [-0.15, -0.1) is 0 Å². The van der Waals surface area contributed by atoms with Crippen LogP contribution in [0.5, 0.6) is 0 Å². The van der Waals surface area contributed by atoms with Crippen LogP contribution in [0, 0.1) is 0 Å². The molecule has 58 valence electrons. The molecule has 2 heterocycles. The van der Waals surface area contributed by atoms with Crippen molar-refractivity contribution < 1.29 is 14.2 Å². The summed E-state index contributed by atoms with van der Waals surface area (Å²) in [4.78, 5) is 0. The zero-order valence-electron chi connectivity index (χ0n) is 5.82. The molecule has 0 saturated carbocycles. The van der Waals surface area contributed by atoms with E-state index in [0.717, 1.165) is 0 Å². The van der Waals surface area contributed by atoms with Crippen molar-refractivity contribution in [3.63, 3.8) is 0 Å². The molecule has 0 aromatic carbocycles. The number of hydrogen-bond donors (Lipinski definition) is 1. The summed E-state index contributed by atoms with van der Waals surface area (Å²) in [6, 6.07) is 0. The van der Waals surface area contributed by atoms with Crippen LogP contribution in [0.2, 0.25) is 0 Å². The van der Waals surface area contributed by atoms with E-state index < -0.39 is 0 Å². The number of nitrogens with two attached hydrogens (primary N) is 1. The maximum absolute atomic E-state index is 5.41. The summed E-state index contributed by atoms with van der Waals surface area (Å²) >= 11 is 0. The van der Waals surface area contributed by atoms with E-state index in [1.165, 1.54) is 0 Å². The molecule has 10 heavy (non-hydrogen) atoms. The van der Waals surface area contributed by atoms with Gasteiger partial charge in [-0.1, -0.05) is 0 Å². The maximum atomic E-state index is 5.41. The Bertz CT molecular complexity index is 141. The van der Waals surface area contributed by atoms with Crippen molar-refractivity contribution in [2.45, 2.75) is 31.6 Å². The Balaban J connectivity index is 1.70. The quantitative estimate of drug-likeness (QED) is 0.540. The zero-order chi connectivity index (χ0) is 7.14. The predicted molar refractivity (Wildman–Crippen MR) is 33.1 cm³/mol. The lowest BCUT2D eigenvalue weighted by Crippen LogP contribution is -2.13. The number of ether oxygens (including phenoxy) is 3. The summed E-state index contributed by atoms with van der Waals surface area (Å²) in [6.45, 7) is 2.62. The van der Waals surface area contributed by atoms with Crippen molar-refractivity contribution in [3.05, 3.63) is 0 Å². The lowest BCUT2D eigenvalue weighted by molar-refractivity contribution is 0.0593. The molecule has 2 aliphatic heterocycles. The third-order valence-corrected chi connectivity index (χ3v) is 1.70. The number of epoxide rings is 2. The van der Waals surface area contributed by atoms with Gasteiger partial charge in [-0.05, 0) is 6.92 Å². The van der Waals surface area contributed by atoms with E-state index in [4.69, 9.17) is 19.9 Å². The largest absolute Gasteiger partial charge is 0.350 e. The van der Waals surface area contributed by atoms with E-state index >= 15 is 0 Å². The first kappa shape index (κ1) is 6.54. The van der Waals surface area contributed by atoms with Crippen molar-refractivity contribution in [1.82, 2.24) is 0 Å². The molecule has 0 aromatic rings. The van der Waals surface area contributed by atoms with Gasteiger partial charge < -0.3 is 19.9 Å². The summed E-state index contributed by atoms with van der Waals surface area (Å²) in [5.74, 6) is 0. The average molecular weight is 145 g/mol. The Morgan fingerprint density at radius 3 is 2.60 bits per heavy atom. The summed E-state index contributed by atoms with van der Waals surface area (Å²) in [7, 11) is 0. The van der Waals surface area contributed by atoms with Gasteiger partial charge in [0.05, 0.1) is 0 Å². The summed E-state index contributed by atoms with van der Waals surface area (Å²) < 4.78 is 15.3. The van der Waals surface area contributed by atoms with Crippen LogP contribution in [0.25, 0.3) is 0 Å². The van der Waals surface area contributed by atoms with Crippen molar-refractivity contribution in [3.8, 4) is 0 Å². The first-order valence-corrected chi connectivity index (χ1v) is 3.51. The van der Waals surface area contributed by atoms with Gasteiger partial charge in [0.1, 0.15) is 18.4 Å². The van der Waals surface area contributed by atoms with E-state index in [9.17, 15) is 0 Å². The van der Waals surface area contributed by atoms with Crippen LogP contribution < -0.4 is 5.73 Å². The fourth-order valence-corrected chi connectivity index (χ4v) is 1.04. The fourth-order valence-electron chi connectivity index (χ4n) is 1.04. The lowest BCUT2D eigenvalue weighted by Gasteiger charge is -1.89. The highest BCUT2D eigenvalue weighted by Gasteiger charge is 2.56. The molecule has 0 radical (unpaired) electrons. The molecule has 2 fully saturated rings. The Morgan fingerprint density at radius 1 is 1.40 bits per heavy atom. The highest BCUT2D eigenvalue weighted by Crippen LogP contribution is 2.36. The molecule has 4 nitrogen and oxygen atoms in total. The number of hydrogen-bond acceptors (Lipinski definition) is 4. The second-order valence-corrected chi connectivity index (χ2v) is 2.49. The van der Waals surface area contributed by atoms with Gasteiger partial charge in [-0.3, -0.25) is 0 Å². The second kappa shape index (κ2) is 2.17. The Hall–Kier alpha value is -0.160. The van der Waals surface area contributed by atoms with Crippen LogP contribution in [0.1, 0.15) is 6.92 Å². The minimum Gasteiger partial charge on any atom is -0.350 e. The molecule has 0 spiro atoms. The summed E-state index contributed by atoms with van der Waals surface area (Å²) in [5, 5.41) is 0. The fraction of sp³-hybridized carbons (Fsp3) is 1.00. The van der Waals surface area contributed by atoms with Crippen LogP contribution in [-0.4, -0.2) is 31.3 Å². The molecule has 2 rings (SSSR count). The smallest absolute Gasteiger partial charge is 0.187 e. The lowest BCUT2D eigenvalue weighted by atomic mass is 10.3. The van der Waals surface area contributed by atoms with Gasteiger partial charge in [0.25, 0.3) is 0 Å². The van der Waals surface area contributed by atoms with Crippen molar-refractivity contribution >= 4 is 0 Å². The van der Waals surface area contributed by atoms with Crippen LogP contribution in [0.4, 0.5) is 0 Å². The second-order valence-electron chi connectivity index (χ2n) is 2.49. The van der Waals surface area contributed by atoms with E-state index in [1.54, 1.807) is 0 Å². The zero-order valence-corrected chi connectivity index (χ0v) is 5.82. The van der Waals surface area contributed by atoms with Gasteiger partial charge in [0, 0.05) is 6.61 Å². The molecule has 2 aliphatic rings. The topological polar surface area (TPSA) is 60.3 Å². The normalized spacial score (nSPS) is 51.0. The first-order valence-electron chi connectivity index (χ1n) is 3.51. The molecule has 4 atom stereocenters. The van der Waals surface area contributed by atoms with E-state index in [2.05, 4.69) is 0 Å². The molecule has 0 amide bonds. The molecule has 4 heteroatoms. The molecular weight excluding hydrogens is 134 g/mol. The Labute approximate surface area is 59.2 Å². The van der Waals surface area contributed by atoms with Crippen LogP contribution in [0.15, 0.2) is 0 Å². The minimum absolute atomic E-state index is 0.0523. The van der Waals surface area contributed by atoms with Crippen LogP contribution in [0.3, 0.4) is 0 Å². The highest BCUT2D eigenvalue weighted by molar-refractivity contribution is 4.96. The summed E-state index contributed by atoms with van der Waals surface area (Å²) in [6.07, 6.45) is 0.0329. The molecule has 2 saturated heterocycles. The molecule has 0 bridgehead atoms. The van der Waals surface area contributed by atoms with E-state index in [-0.39, 0.29) is 24.7 Å². The third kappa shape index (κ3) is 1.03. The Morgan fingerprint density at radius 2 is 2.10 bits per heavy atom. The predicted octanol–water partition coefficient (Wildman–Crippen LogP) is -0.569. The van der Waals surface area contributed by atoms with Gasteiger partial charge in [0.2, 0.25) is 0 Å². The monoisotopic (exact) mass is 145 g/mol. The van der Waals surface area contributed by atoms with E-state index in [0.29, 0.717) is 6.61 Å². The minimum atomic E-state index is -0.115. The van der Waals surface area contributed by atoms with Crippen LogP contribution in [-0.2, 0) is 14.2 Å². The standard InChI is InChI=1S/C6H11NO3/c1-2-8-6-4(10-6)3-5(7)9-3/h3-6H,2,7H2,1H3. The highest BCUT2D eigenvalue weighted by atomic mass is 16.8. The molecular formula is C6H11NO3. The van der Waals surface area contributed by atoms with Crippen LogP contribution >= 0.6 is 0 Å². The summed E-state index contributed by atoms with van der Waals surface area (Å²) in [5.41, 5.74) is 5.41. The molecule has 0 aliphatic carbocycles. The third-order valence-electron chi connectivity index (χ3n) is 1.70. The van der Waals surface area contributed by atoms with Gasteiger partial charge in [-0.25, -0.2) is 0 Å². The molecule has 2 N–H and O–H groups in total. The van der Waals surface area contributed by atoms with Gasteiger partial charge in [0.15, 0.2) is 6.29 Å².